The zero-order valence-electron chi connectivity index (χ0n) is 21.7. The SMILES string of the molecule is CC(C)C(=O)Nc1nc2c(nnn2[C@@H]2O[C@@H]3C(OC(=O)c4ccccc4)[C@]3(F)[C@H]2OC(=O)c2ccccc2)c(=O)[nH]1. The number of amides is 1. The van der Waals surface area contributed by atoms with E-state index in [2.05, 4.69) is 25.6 Å². The lowest BCUT2D eigenvalue weighted by atomic mass is 10.1. The fourth-order valence-corrected chi connectivity index (χ4v) is 4.59. The lowest BCUT2D eigenvalue weighted by molar-refractivity contribution is -0.118. The van der Waals surface area contributed by atoms with E-state index in [4.69, 9.17) is 14.2 Å². The van der Waals surface area contributed by atoms with Crippen molar-refractivity contribution in [3.63, 3.8) is 0 Å². The van der Waals surface area contributed by atoms with E-state index in [9.17, 15) is 19.2 Å². The quantitative estimate of drug-likeness (QED) is 0.319. The molecule has 0 spiro atoms. The van der Waals surface area contributed by atoms with E-state index in [1.54, 1.807) is 50.2 Å². The molecule has 1 aliphatic carbocycles. The minimum Gasteiger partial charge on any atom is -0.452 e. The summed E-state index contributed by atoms with van der Waals surface area (Å²) in [5, 5.41) is 10.2. The summed E-state index contributed by atoms with van der Waals surface area (Å²) in [4.78, 5) is 57.1. The van der Waals surface area contributed by atoms with Gasteiger partial charge in [-0.15, -0.1) is 5.10 Å². The van der Waals surface area contributed by atoms with Gasteiger partial charge in [0.05, 0.1) is 11.1 Å². The maximum absolute atomic E-state index is 16.5. The topological polar surface area (TPSA) is 167 Å². The summed E-state index contributed by atoms with van der Waals surface area (Å²) in [6.45, 7) is 3.31. The molecule has 0 bridgehead atoms. The number of carbonyl (C=O) groups excluding carboxylic acids is 3. The largest absolute Gasteiger partial charge is 0.452 e. The maximum Gasteiger partial charge on any atom is 0.338 e. The number of H-pyrrole nitrogens is 1. The highest BCUT2D eigenvalue weighted by Gasteiger charge is 2.83. The molecule has 1 aliphatic heterocycles. The second-order valence-electron chi connectivity index (χ2n) is 9.92. The Balaban J connectivity index is 1.34. The van der Waals surface area contributed by atoms with Gasteiger partial charge in [0.1, 0.15) is 6.10 Å². The summed E-state index contributed by atoms with van der Waals surface area (Å²) in [5.41, 5.74) is -3.17. The van der Waals surface area contributed by atoms with Crippen molar-refractivity contribution >= 4 is 35.0 Å². The van der Waals surface area contributed by atoms with Crippen LogP contribution in [-0.2, 0) is 19.0 Å². The van der Waals surface area contributed by atoms with Crippen molar-refractivity contribution in [1.29, 1.82) is 0 Å². The number of nitrogens with zero attached hydrogens (tertiary/aromatic N) is 4. The highest BCUT2D eigenvalue weighted by atomic mass is 19.1. The van der Waals surface area contributed by atoms with Crippen LogP contribution in [0.15, 0.2) is 65.5 Å². The molecule has 4 aromatic rings. The summed E-state index contributed by atoms with van der Waals surface area (Å²) < 4.78 is 34.4. The van der Waals surface area contributed by atoms with Gasteiger partial charge in [0, 0.05) is 5.92 Å². The standard InChI is InChI=1S/C27H23FN6O7/c1-13(2)21(35)30-26-29-20-16(22(36)31-26)32-33-34(20)23-19(41-25(38)15-11-7-4-8-12-15)27(28)17(39-23)18(27)40-24(37)14-9-5-3-6-10-14/h3-13,17-19,23H,1-2H3,(H2,29,30,31,35,36)/t17-,18?,19+,23-,27+/m1/s1. The minimum atomic E-state index is -2.44. The number of esters is 2. The molecular formula is C27H23FN6O7. The molecular weight excluding hydrogens is 539 g/mol. The van der Waals surface area contributed by atoms with Crippen molar-refractivity contribution in [2.24, 2.45) is 5.92 Å². The fraction of sp³-hybridized carbons (Fsp3) is 0.296. The summed E-state index contributed by atoms with van der Waals surface area (Å²) in [5.74, 6) is -2.64. The van der Waals surface area contributed by atoms with Crippen LogP contribution in [-0.4, -0.2) is 66.8 Å². The zero-order chi connectivity index (χ0) is 28.9. The Morgan fingerprint density at radius 1 is 1.00 bits per heavy atom. The van der Waals surface area contributed by atoms with Gasteiger partial charge in [-0.2, -0.15) is 9.67 Å². The maximum atomic E-state index is 16.5. The number of nitrogens with one attached hydrogen (secondary N) is 2. The lowest BCUT2D eigenvalue weighted by Crippen LogP contribution is -2.39. The minimum absolute atomic E-state index is 0.147. The van der Waals surface area contributed by atoms with Gasteiger partial charge in [0.25, 0.3) is 5.56 Å². The Hall–Kier alpha value is -4.98. The first kappa shape index (κ1) is 26.3. The molecule has 6 rings (SSSR count). The third-order valence-corrected chi connectivity index (χ3v) is 6.85. The van der Waals surface area contributed by atoms with Crippen molar-refractivity contribution in [1.82, 2.24) is 25.0 Å². The summed E-state index contributed by atoms with van der Waals surface area (Å²) >= 11 is 0. The molecule has 2 aromatic heterocycles. The molecule has 5 atom stereocenters. The highest BCUT2D eigenvalue weighted by Crippen LogP contribution is 2.59. The molecule has 2 aromatic carbocycles. The van der Waals surface area contributed by atoms with E-state index in [-0.39, 0.29) is 28.2 Å². The normalized spacial score (nSPS) is 24.6. The molecule has 1 unspecified atom stereocenters. The Morgan fingerprint density at radius 2 is 1.59 bits per heavy atom. The van der Waals surface area contributed by atoms with Crippen LogP contribution in [0.4, 0.5) is 10.3 Å². The number of halogens is 1. The average Bonchev–Trinajstić information content (AvgIpc) is 3.23. The smallest absolute Gasteiger partial charge is 0.338 e. The number of rotatable bonds is 7. The van der Waals surface area contributed by atoms with Gasteiger partial charge in [0.15, 0.2) is 29.6 Å². The number of benzene rings is 2. The van der Waals surface area contributed by atoms with Gasteiger partial charge in [-0.3, -0.25) is 19.9 Å². The van der Waals surface area contributed by atoms with Crippen LogP contribution >= 0.6 is 0 Å². The highest BCUT2D eigenvalue weighted by molar-refractivity contribution is 5.91. The fourth-order valence-electron chi connectivity index (χ4n) is 4.59. The van der Waals surface area contributed by atoms with E-state index in [0.717, 1.165) is 4.68 Å². The number of fused-ring (bicyclic) bond motifs is 2. The number of aromatic nitrogens is 5. The van der Waals surface area contributed by atoms with Crippen LogP contribution < -0.4 is 10.9 Å². The van der Waals surface area contributed by atoms with E-state index < -0.39 is 59.5 Å². The van der Waals surface area contributed by atoms with Gasteiger partial charge in [-0.1, -0.05) is 55.5 Å². The molecule has 14 heteroatoms. The molecule has 1 saturated carbocycles. The number of hydrogen-bond donors (Lipinski definition) is 2. The third-order valence-electron chi connectivity index (χ3n) is 6.85. The molecule has 3 heterocycles. The number of aromatic amines is 1. The second kappa shape index (κ2) is 9.89. The van der Waals surface area contributed by atoms with E-state index in [1.165, 1.54) is 24.3 Å². The third kappa shape index (κ3) is 4.51. The Kier molecular flexibility index (Phi) is 6.33. The van der Waals surface area contributed by atoms with Gasteiger partial charge in [-0.05, 0) is 24.3 Å². The number of hydrogen-bond acceptors (Lipinski definition) is 10. The lowest BCUT2D eigenvalue weighted by Gasteiger charge is -2.25. The van der Waals surface area contributed by atoms with Gasteiger partial charge >= 0.3 is 11.9 Å². The molecule has 13 nitrogen and oxygen atoms in total. The first-order valence-electron chi connectivity index (χ1n) is 12.7. The monoisotopic (exact) mass is 562 g/mol. The summed E-state index contributed by atoms with van der Waals surface area (Å²) in [6, 6.07) is 15.9. The van der Waals surface area contributed by atoms with Crippen LogP contribution in [0.1, 0.15) is 40.8 Å². The van der Waals surface area contributed by atoms with E-state index >= 15 is 4.39 Å². The molecule has 2 fully saturated rings. The van der Waals surface area contributed by atoms with Gasteiger partial charge in [-0.25, -0.2) is 14.0 Å². The zero-order valence-corrected chi connectivity index (χ0v) is 21.7. The summed E-state index contributed by atoms with van der Waals surface area (Å²) in [6.07, 6.45) is -5.80. The van der Waals surface area contributed by atoms with Crippen molar-refractivity contribution in [3.05, 3.63) is 82.1 Å². The molecule has 1 saturated heterocycles. The first-order chi connectivity index (χ1) is 19.7. The van der Waals surface area contributed by atoms with Crippen molar-refractivity contribution in [2.45, 2.75) is 44.1 Å². The van der Waals surface area contributed by atoms with Gasteiger partial charge < -0.3 is 14.2 Å². The number of carbonyl (C=O) groups is 3. The van der Waals surface area contributed by atoms with Crippen LogP contribution in [0.25, 0.3) is 11.2 Å². The predicted octanol–water partition coefficient (Wildman–Crippen LogP) is 2.18. The van der Waals surface area contributed by atoms with Crippen LogP contribution in [0.2, 0.25) is 0 Å². The first-order valence-corrected chi connectivity index (χ1v) is 12.7. The van der Waals surface area contributed by atoms with E-state index in [0.29, 0.717) is 0 Å². The van der Waals surface area contributed by atoms with Crippen LogP contribution in [0.5, 0.6) is 0 Å². The Bertz CT molecular complexity index is 1710. The molecule has 2 aliphatic rings. The average molecular weight is 563 g/mol. The van der Waals surface area contributed by atoms with Crippen molar-refractivity contribution < 1.29 is 33.0 Å². The van der Waals surface area contributed by atoms with Crippen LogP contribution in [0, 0.1) is 5.92 Å². The number of ether oxygens (including phenoxy) is 3. The van der Waals surface area contributed by atoms with E-state index in [1.807, 2.05) is 0 Å². The Morgan fingerprint density at radius 3 is 2.17 bits per heavy atom. The van der Waals surface area contributed by atoms with Crippen molar-refractivity contribution in [2.75, 3.05) is 5.32 Å². The second-order valence-corrected chi connectivity index (χ2v) is 9.92. The number of anilines is 1. The molecule has 2 N–H and O–H groups in total. The number of alkyl halides is 1. The van der Waals surface area contributed by atoms with Crippen LogP contribution in [0.3, 0.4) is 0 Å². The molecule has 41 heavy (non-hydrogen) atoms. The van der Waals surface area contributed by atoms with Crippen molar-refractivity contribution in [3.8, 4) is 0 Å². The molecule has 0 radical (unpaired) electrons. The predicted molar refractivity (Wildman–Crippen MR) is 138 cm³/mol. The molecule has 210 valence electrons. The molecule has 1 amide bonds. The van der Waals surface area contributed by atoms with Gasteiger partial charge in [0.2, 0.25) is 17.5 Å². The summed E-state index contributed by atoms with van der Waals surface area (Å²) in [7, 11) is 0. The Labute approximate surface area is 230 Å².